The van der Waals surface area contributed by atoms with Gasteiger partial charge in [-0.05, 0) is 36.3 Å². The van der Waals surface area contributed by atoms with Crippen LogP contribution in [0.2, 0.25) is 0 Å². The number of amides is 1. The third kappa shape index (κ3) is 6.55. The Balaban J connectivity index is 2.18. The van der Waals surface area contributed by atoms with Gasteiger partial charge in [-0.2, -0.15) is 11.8 Å². The van der Waals surface area contributed by atoms with Crippen molar-refractivity contribution in [2.75, 3.05) is 22.6 Å². The summed E-state index contributed by atoms with van der Waals surface area (Å²) in [4.78, 5) is 11.7. The number of thioether (sulfide) groups is 1. The molecule has 0 aliphatic rings. The number of nitrogen functional groups attached to an aromatic ring is 1. The van der Waals surface area contributed by atoms with E-state index in [0.29, 0.717) is 12.1 Å². The molecule has 0 bridgehead atoms. The van der Waals surface area contributed by atoms with Gasteiger partial charge in [-0.15, -0.1) is 0 Å². The van der Waals surface area contributed by atoms with Crippen LogP contribution in [0.5, 0.6) is 0 Å². The molecule has 3 nitrogen and oxygen atoms in total. The second-order valence-corrected chi connectivity index (χ2v) is 5.94. The van der Waals surface area contributed by atoms with E-state index in [9.17, 15) is 4.79 Å². The monoisotopic (exact) mass is 266 g/mol. The second-order valence-electron chi connectivity index (χ2n) is 4.72. The first kappa shape index (κ1) is 14.9. The van der Waals surface area contributed by atoms with Gasteiger partial charge in [0.05, 0.1) is 0 Å². The summed E-state index contributed by atoms with van der Waals surface area (Å²) in [5.74, 6) is 2.79. The molecule has 0 spiro atoms. The molecule has 0 saturated carbocycles. The first-order chi connectivity index (χ1) is 8.58. The van der Waals surface area contributed by atoms with E-state index in [2.05, 4.69) is 19.2 Å². The SMILES string of the molecule is CC(C)CCSCCC(=O)Nc1cccc(N)c1. The van der Waals surface area contributed by atoms with Gasteiger partial charge in [0.1, 0.15) is 0 Å². The molecule has 18 heavy (non-hydrogen) atoms. The molecular weight excluding hydrogens is 244 g/mol. The molecule has 1 aromatic carbocycles. The third-order valence-electron chi connectivity index (χ3n) is 2.48. The van der Waals surface area contributed by atoms with Crippen LogP contribution in [0, 0.1) is 5.92 Å². The molecule has 3 N–H and O–H groups in total. The standard InChI is InChI=1S/C14H22N2OS/c1-11(2)6-8-18-9-7-14(17)16-13-5-3-4-12(15)10-13/h3-5,10-11H,6-9,15H2,1-2H3,(H,16,17). The Labute approximate surface area is 114 Å². The van der Waals surface area contributed by atoms with E-state index < -0.39 is 0 Å². The van der Waals surface area contributed by atoms with Gasteiger partial charge in [0.25, 0.3) is 0 Å². The van der Waals surface area contributed by atoms with E-state index in [0.717, 1.165) is 23.1 Å². The summed E-state index contributed by atoms with van der Waals surface area (Å²) in [6.45, 7) is 4.43. The van der Waals surface area contributed by atoms with Crippen LogP contribution in [0.15, 0.2) is 24.3 Å². The van der Waals surface area contributed by atoms with Crippen molar-refractivity contribution in [2.24, 2.45) is 5.92 Å². The van der Waals surface area contributed by atoms with Crippen LogP contribution in [0.1, 0.15) is 26.7 Å². The summed E-state index contributed by atoms with van der Waals surface area (Å²) in [7, 11) is 0. The average Bonchev–Trinajstić information content (AvgIpc) is 2.28. The lowest BCUT2D eigenvalue weighted by Gasteiger charge is -2.06. The molecule has 0 aromatic heterocycles. The smallest absolute Gasteiger partial charge is 0.225 e. The van der Waals surface area contributed by atoms with Crippen LogP contribution in [0.4, 0.5) is 11.4 Å². The molecule has 0 fully saturated rings. The lowest BCUT2D eigenvalue weighted by Crippen LogP contribution is -2.12. The molecule has 1 rings (SSSR count). The van der Waals surface area contributed by atoms with Crippen molar-refractivity contribution in [2.45, 2.75) is 26.7 Å². The fraction of sp³-hybridized carbons (Fsp3) is 0.500. The van der Waals surface area contributed by atoms with E-state index in [4.69, 9.17) is 5.73 Å². The maximum absolute atomic E-state index is 11.7. The topological polar surface area (TPSA) is 55.1 Å². The van der Waals surface area contributed by atoms with Gasteiger partial charge < -0.3 is 11.1 Å². The van der Waals surface area contributed by atoms with Crippen LogP contribution in [0.25, 0.3) is 0 Å². The first-order valence-electron chi connectivity index (χ1n) is 6.31. The Kier molecular flexibility index (Phi) is 6.65. The molecular formula is C14H22N2OS. The van der Waals surface area contributed by atoms with Gasteiger partial charge in [0.15, 0.2) is 0 Å². The number of carbonyl (C=O) groups excluding carboxylic acids is 1. The summed E-state index contributed by atoms with van der Waals surface area (Å²) in [5, 5.41) is 2.85. The summed E-state index contributed by atoms with van der Waals surface area (Å²) in [6.07, 6.45) is 1.76. The van der Waals surface area contributed by atoms with Gasteiger partial charge in [-0.1, -0.05) is 19.9 Å². The largest absolute Gasteiger partial charge is 0.399 e. The van der Waals surface area contributed by atoms with E-state index in [1.54, 1.807) is 12.1 Å². The molecule has 0 saturated heterocycles. The Morgan fingerprint density at radius 2 is 2.17 bits per heavy atom. The maximum Gasteiger partial charge on any atom is 0.225 e. The van der Waals surface area contributed by atoms with Gasteiger partial charge in [-0.3, -0.25) is 4.79 Å². The summed E-state index contributed by atoms with van der Waals surface area (Å²) in [5.41, 5.74) is 7.08. The fourth-order valence-corrected chi connectivity index (χ4v) is 2.60. The minimum absolute atomic E-state index is 0.0534. The van der Waals surface area contributed by atoms with E-state index in [-0.39, 0.29) is 5.91 Å². The molecule has 4 heteroatoms. The van der Waals surface area contributed by atoms with Gasteiger partial charge in [0.2, 0.25) is 5.91 Å². The zero-order chi connectivity index (χ0) is 13.4. The van der Waals surface area contributed by atoms with Gasteiger partial charge in [-0.25, -0.2) is 0 Å². The molecule has 1 amide bonds. The Bertz CT molecular complexity index is 380. The number of rotatable bonds is 7. The third-order valence-corrected chi connectivity index (χ3v) is 3.50. The molecule has 0 aliphatic heterocycles. The Hall–Kier alpha value is -1.16. The predicted molar refractivity (Wildman–Crippen MR) is 80.9 cm³/mol. The number of carbonyl (C=O) groups is 1. The lowest BCUT2D eigenvalue weighted by atomic mass is 10.2. The molecule has 0 aliphatic carbocycles. The minimum atomic E-state index is 0.0534. The minimum Gasteiger partial charge on any atom is -0.399 e. The molecule has 0 atom stereocenters. The molecule has 1 aromatic rings. The number of nitrogens with one attached hydrogen (secondary N) is 1. The van der Waals surface area contributed by atoms with Gasteiger partial charge in [0, 0.05) is 23.5 Å². The van der Waals surface area contributed by atoms with Crippen molar-refractivity contribution in [1.29, 1.82) is 0 Å². The number of hydrogen-bond acceptors (Lipinski definition) is 3. The second kappa shape index (κ2) is 8.03. The van der Waals surface area contributed by atoms with Gasteiger partial charge >= 0.3 is 0 Å². The fourth-order valence-electron chi connectivity index (χ4n) is 1.43. The van der Waals surface area contributed by atoms with Crippen molar-refractivity contribution in [3.63, 3.8) is 0 Å². The normalized spacial score (nSPS) is 10.6. The zero-order valence-electron chi connectivity index (χ0n) is 11.1. The van der Waals surface area contributed by atoms with Crippen molar-refractivity contribution in [3.05, 3.63) is 24.3 Å². The van der Waals surface area contributed by atoms with Crippen molar-refractivity contribution < 1.29 is 4.79 Å². The Morgan fingerprint density at radius 3 is 2.83 bits per heavy atom. The highest BCUT2D eigenvalue weighted by molar-refractivity contribution is 7.99. The average molecular weight is 266 g/mol. The summed E-state index contributed by atoms with van der Waals surface area (Å²) >= 11 is 1.84. The van der Waals surface area contributed by atoms with Crippen molar-refractivity contribution in [1.82, 2.24) is 0 Å². The number of nitrogens with two attached hydrogens (primary N) is 1. The highest BCUT2D eigenvalue weighted by Crippen LogP contribution is 2.13. The van der Waals surface area contributed by atoms with Crippen LogP contribution in [0.3, 0.4) is 0 Å². The van der Waals surface area contributed by atoms with Crippen LogP contribution < -0.4 is 11.1 Å². The van der Waals surface area contributed by atoms with E-state index in [1.165, 1.54) is 6.42 Å². The number of hydrogen-bond donors (Lipinski definition) is 2. The summed E-state index contributed by atoms with van der Waals surface area (Å²) < 4.78 is 0. The van der Waals surface area contributed by atoms with Crippen molar-refractivity contribution >= 4 is 29.0 Å². The highest BCUT2D eigenvalue weighted by Gasteiger charge is 2.03. The molecule has 0 heterocycles. The Morgan fingerprint density at radius 1 is 1.39 bits per heavy atom. The van der Waals surface area contributed by atoms with Crippen LogP contribution in [-0.4, -0.2) is 17.4 Å². The van der Waals surface area contributed by atoms with E-state index >= 15 is 0 Å². The molecule has 0 radical (unpaired) electrons. The van der Waals surface area contributed by atoms with E-state index in [1.807, 2.05) is 23.9 Å². The van der Waals surface area contributed by atoms with Crippen molar-refractivity contribution in [3.8, 4) is 0 Å². The zero-order valence-corrected chi connectivity index (χ0v) is 11.9. The lowest BCUT2D eigenvalue weighted by molar-refractivity contribution is -0.115. The number of benzene rings is 1. The molecule has 100 valence electrons. The predicted octanol–water partition coefficient (Wildman–Crippen LogP) is 3.38. The number of anilines is 2. The van der Waals surface area contributed by atoms with Crippen LogP contribution in [-0.2, 0) is 4.79 Å². The maximum atomic E-state index is 11.7. The van der Waals surface area contributed by atoms with Crippen LogP contribution >= 0.6 is 11.8 Å². The quantitative estimate of drug-likeness (QED) is 0.587. The highest BCUT2D eigenvalue weighted by atomic mass is 32.2. The molecule has 0 unspecified atom stereocenters. The first-order valence-corrected chi connectivity index (χ1v) is 7.46. The summed E-state index contributed by atoms with van der Waals surface area (Å²) in [6, 6.07) is 7.25.